The van der Waals surface area contributed by atoms with Crippen LogP contribution in [0.25, 0.3) is 0 Å². The largest absolute Gasteiger partial charge is 0.491 e. The number of carboxylic acid groups (broad SMARTS) is 1. The number of para-hydroxylation sites is 2. The molecule has 1 aliphatic rings. The number of carboxylic acids is 1. The van der Waals surface area contributed by atoms with E-state index < -0.39 is 17.8 Å². The Balaban J connectivity index is 2.02. The summed E-state index contributed by atoms with van der Waals surface area (Å²) in [7, 11) is 0. The average molecular weight is 291 g/mol. The normalized spacial score (nSPS) is 20.7. The first-order chi connectivity index (χ1) is 9.99. The fraction of sp³-hybridized carbons (Fsp3) is 0.500. The topological polar surface area (TPSA) is 75.6 Å². The minimum atomic E-state index is -0.897. The van der Waals surface area contributed by atoms with Gasteiger partial charge in [0.15, 0.2) is 0 Å². The smallest absolute Gasteiger partial charge is 0.307 e. The minimum absolute atomic E-state index is 0.241. The molecule has 1 aromatic carbocycles. The van der Waals surface area contributed by atoms with Crippen molar-refractivity contribution in [2.75, 3.05) is 11.9 Å². The molecular weight excluding hydrogens is 270 g/mol. The van der Waals surface area contributed by atoms with Crippen LogP contribution in [0.1, 0.15) is 26.7 Å². The van der Waals surface area contributed by atoms with Crippen molar-refractivity contribution < 1.29 is 19.4 Å². The molecule has 0 aromatic heterocycles. The third-order valence-corrected chi connectivity index (χ3v) is 3.65. The number of benzene rings is 1. The Morgan fingerprint density at radius 3 is 2.52 bits per heavy atom. The van der Waals surface area contributed by atoms with Crippen LogP contribution in [0, 0.1) is 17.8 Å². The molecule has 0 heterocycles. The van der Waals surface area contributed by atoms with Gasteiger partial charge in [0.1, 0.15) is 5.75 Å². The molecule has 0 radical (unpaired) electrons. The van der Waals surface area contributed by atoms with E-state index in [4.69, 9.17) is 9.84 Å². The molecule has 2 atom stereocenters. The third kappa shape index (κ3) is 3.74. The Labute approximate surface area is 124 Å². The van der Waals surface area contributed by atoms with Crippen molar-refractivity contribution in [3.05, 3.63) is 24.3 Å². The summed E-state index contributed by atoms with van der Waals surface area (Å²) >= 11 is 0. The lowest BCUT2D eigenvalue weighted by Crippen LogP contribution is -2.41. The van der Waals surface area contributed by atoms with E-state index in [2.05, 4.69) is 5.32 Å². The van der Waals surface area contributed by atoms with Gasteiger partial charge in [-0.3, -0.25) is 9.59 Å². The second kappa shape index (κ2) is 6.61. The highest BCUT2D eigenvalue weighted by molar-refractivity contribution is 5.97. The van der Waals surface area contributed by atoms with Gasteiger partial charge in [-0.2, -0.15) is 0 Å². The molecule has 2 rings (SSSR count). The van der Waals surface area contributed by atoms with E-state index in [0.29, 0.717) is 36.8 Å². The molecule has 114 valence electrons. The van der Waals surface area contributed by atoms with Gasteiger partial charge in [0.05, 0.1) is 24.1 Å². The minimum Gasteiger partial charge on any atom is -0.491 e. The molecule has 0 spiro atoms. The number of rotatable bonds is 6. The van der Waals surface area contributed by atoms with Crippen LogP contribution in [0.5, 0.6) is 5.75 Å². The third-order valence-electron chi connectivity index (χ3n) is 3.65. The Kier molecular flexibility index (Phi) is 4.83. The van der Waals surface area contributed by atoms with Gasteiger partial charge in [0, 0.05) is 0 Å². The summed E-state index contributed by atoms with van der Waals surface area (Å²) in [5.74, 6) is -1.14. The van der Waals surface area contributed by atoms with E-state index in [9.17, 15) is 9.59 Å². The molecule has 1 amide bonds. The lowest BCUT2D eigenvalue weighted by atomic mass is 9.73. The standard InChI is InChI=1S/C16H21NO4/c1-10(2)9-21-14-6-4-3-5-13(14)17-15(18)11-7-8-12(11)16(19)20/h3-6,10-12H,7-9H2,1-2H3,(H,17,18)(H,19,20). The van der Waals surface area contributed by atoms with Crippen LogP contribution in [-0.2, 0) is 9.59 Å². The zero-order valence-electron chi connectivity index (χ0n) is 12.3. The monoisotopic (exact) mass is 291 g/mol. The molecule has 2 N–H and O–H groups in total. The molecule has 0 bridgehead atoms. The van der Waals surface area contributed by atoms with Gasteiger partial charge >= 0.3 is 5.97 Å². The summed E-state index contributed by atoms with van der Waals surface area (Å²) in [6.45, 7) is 4.66. The summed E-state index contributed by atoms with van der Waals surface area (Å²) < 4.78 is 5.67. The molecule has 21 heavy (non-hydrogen) atoms. The molecular formula is C16H21NO4. The molecule has 1 fully saturated rings. The first-order valence-electron chi connectivity index (χ1n) is 7.24. The van der Waals surface area contributed by atoms with Crippen LogP contribution in [0.15, 0.2) is 24.3 Å². The molecule has 1 aromatic rings. The predicted octanol–water partition coefficient (Wildman–Crippen LogP) is 2.77. The lowest BCUT2D eigenvalue weighted by molar-refractivity contribution is -0.151. The number of aliphatic carboxylic acids is 1. The first-order valence-corrected chi connectivity index (χ1v) is 7.24. The number of hydrogen-bond donors (Lipinski definition) is 2. The summed E-state index contributed by atoms with van der Waals surface area (Å²) in [6.07, 6.45) is 1.19. The van der Waals surface area contributed by atoms with Gasteiger partial charge in [0.25, 0.3) is 0 Å². The van der Waals surface area contributed by atoms with Crippen LogP contribution in [0.3, 0.4) is 0 Å². The fourth-order valence-corrected chi connectivity index (χ4v) is 2.29. The van der Waals surface area contributed by atoms with E-state index in [1.807, 2.05) is 26.0 Å². The maximum Gasteiger partial charge on any atom is 0.307 e. The number of carbonyl (C=O) groups is 2. The Bertz CT molecular complexity index is 527. The highest BCUT2D eigenvalue weighted by atomic mass is 16.5. The molecule has 0 aliphatic heterocycles. The lowest BCUT2D eigenvalue weighted by Gasteiger charge is -2.32. The fourth-order valence-electron chi connectivity index (χ4n) is 2.29. The number of amides is 1. The van der Waals surface area contributed by atoms with Crippen molar-refractivity contribution in [1.82, 2.24) is 0 Å². The summed E-state index contributed by atoms with van der Waals surface area (Å²) in [5, 5.41) is 11.8. The number of carbonyl (C=O) groups excluding carboxylic acids is 1. The van der Waals surface area contributed by atoms with Crippen LogP contribution < -0.4 is 10.1 Å². The highest BCUT2D eigenvalue weighted by Gasteiger charge is 2.41. The van der Waals surface area contributed by atoms with E-state index >= 15 is 0 Å². The Morgan fingerprint density at radius 2 is 1.95 bits per heavy atom. The maximum absolute atomic E-state index is 12.2. The number of anilines is 1. The Hall–Kier alpha value is -2.04. The van der Waals surface area contributed by atoms with Crippen molar-refractivity contribution in [2.24, 2.45) is 17.8 Å². The van der Waals surface area contributed by atoms with Crippen LogP contribution in [-0.4, -0.2) is 23.6 Å². The first kappa shape index (κ1) is 15.4. The number of ether oxygens (including phenoxy) is 1. The summed E-state index contributed by atoms with van der Waals surface area (Å²) in [6, 6.07) is 7.22. The SMILES string of the molecule is CC(C)COc1ccccc1NC(=O)C1CCC1C(=O)O. The van der Waals surface area contributed by atoms with Crippen molar-refractivity contribution in [2.45, 2.75) is 26.7 Å². The maximum atomic E-state index is 12.2. The van der Waals surface area contributed by atoms with Crippen LogP contribution in [0.4, 0.5) is 5.69 Å². The molecule has 2 unspecified atom stereocenters. The van der Waals surface area contributed by atoms with Gasteiger partial charge in [-0.25, -0.2) is 0 Å². The van der Waals surface area contributed by atoms with Crippen molar-refractivity contribution in [3.8, 4) is 5.75 Å². The van der Waals surface area contributed by atoms with E-state index in [0.717, 1.165) is 0 Å². The number of hydrogen-bond acceptors (Lipinski definition) is 3. The zero-order valence-corrected chi connectivity index (χ0v) is 12.3. The molecule has 1 aliphatic carbocycles. The highest BCUT2D eigenvalue weighted by Crippen LogP contribution is 2.36. The molecule has 5 nitrogen and oxygen atoms in total. The van der Waals surface area contributed by atoms with Gasteiger partial charge in [-0.15, -0.1) is 0 Å². The zero-order chi connectivity index (χ0) is 15.4. The Morgan fingerprint density at radius 1 is 1.29 bits per heavy atom. The van der Waals surface area contributed by atoms with Crippen LogP contribution in [0.2, 0.25) is 0 Å². The van der Waals surface area contributed by atoms with Crippen LogP contribution >= 0.6 is 0 Å². The number of nitrogens with one attached hydrogen (secondary N) is 1. The molecule has 1 saturated carbocycles. The van der Waals surface area contributed by atoms with Gasteiger partial charge in [0.2, 0.25) is 5.91 Å². The second-order valence-corrected chi connectivity index (χ2v) is 5.82. The average Bonchev–Trinajstić information content (AvgIpc) is 2.35. The predicted molar refractivity (Wildman–Crippen MR) is 79.3 cm³/mol. The van der Waals surface area contributed by atoms with Gasteiger partial charge in [-0.05, 0) is 30.9 Å². The van der Waals surface area contributed by atoms with E-state index in [1.54, 1.807) is 12.1 Å². The van der Waals surface area contributed by atoms with Crippen molar-refractivity contribution in [3.63, 3.8) is 0 Å². The quantitative estimate of drug-likeness (QED) is 0.845. The van der Waals surface area contributed by atoms with Crippen molar-refractivity contribution >= 4 is 17.6 Å². The van der Waals surface area contributed by atoms with Gasteiger partial charge in [-0.1, -0.05) is 26.0 Å². The molecule has 0 saturated heterocycles. The second-order valence-electron chi connectivity index (χ2n) is 5.82. The van der Waals surface area contributed by atoms with E-state index in [1.165, 1.54) is 0 Å². The summed E-state index contributed by atoms with van der Waals surface area (Å²) in [5.41, 5.74) is 0.596. The van der Waals surface area contributed by atoms with Crippen molar-refractivity contribution in [1.29, 1.82) is 0 Å². The van der Waals surface area contributed by atoms with Gasteiger partial charge < -0.3 is 15.2 Å². The summed E-state index contributed by atoms with van der Waals surface area (Å²) in [4.78, 5) is 23.2. The molecule has 5 heteroatoms. The van der Waals surface area contributed by atoms with E-state index in [-0.39, 0.29) is 5.91 Å².